The van der Waals surface area contributed by atoms with Crippen molar-refractivity contribution in [2.75, 3.05) is 0 Å². The zero-order valence-corrected chi connectivity index (χ0v) is 20.7. The van der Waals surface area contributed by atoms with Gasteiger partial charge in [0.25, 0.3) is 0 Å². The molecule has 0 nitrogen and oxygen atoms in total. The van der Waals surface area contributed by atoms with Gasteiger partial charge < -0.3 is 24.8 Å². The Kier molecular flexibility index (Phi) is 11.1. The molecule has 0 saturated carbocycles. The van der Waals surface area contributed by atoms with Gasteiger partial charge in [0.05, 0.1) is 4.16 Å². The predicted octanol–water partition coefficient (Wildman–Crippen LogP) is 0.402. The van der Waals surface area contributed by atoms with Gasteiger partial charge >= 0.3 is 31.5 Å². The molecule has 0 N–H and O–H groups in total. The third-order valence-corrected chi connectivity index (χ3v) is 5.64. The number of allylic oxidation sites excluding steroid dienone is 2. The van der Waals surface area contributed by atoms with Crippen LogP contribution < -0.4 is 24.8 Å². The summed E-state index contributed by atoms with van der Waals surface area (Å²) < 4.78 is 0.446. The van der Waals surface area contributed by atoms with E-state index in [1.54, 1.807) is 0 Å². The standard InChI is InChI=1S/C11H6BrS.C9H7.2ClH.S.Zr/c12-11-6-9-8-4-2-1-3-7(8)5-10(9)13-11;1-2-5-9-7-3-6-8(9)4-1;;;;/h1-2,4-6,11H;1-4,7H,6H2;2*1H;;/q2*-1;;;;+2/p-2. The Balaban J connectivity index is 0.000000232. The smallest absolute Gasteiger partial charge is 0.0528 e. The van der Waals surface area contributed by atoms with Crippen LogP contribution in [0.15, 0.2) is 53.5 Å². The maximum atomic E-state index is 4.17. The van der Waals surface area contributed by atoms with E-state index >= 15 is 0 Å². The maximum Gasteiger partial charge on any atom is -0.0528 e. The first-order chi connectivity index (χ1) is 11.8. The van der Waals surface area contributed by atoms with E-state index in [0.717, 1.165) is 29.1 Å². The van der Waals surface area contributed by atoms with Crippen LogP contribution in [0, 0.1) is 12.1 Å². The number of hydrogen-bond donors (Lipinski definition) is 0. The van der Waals surface area contributed by atoms with Crippen molar-refractivity contribution in [3.8, 4) is 0 Å². The van der Waals surface area contributed by atoms with Gasteiger partial charge in [-0.05, 0) is 4.91 Å². The van der Waals surface area contributed by atoms with Crippen LogP contribution in [0.4, 0.5) is 0 Å². The molecule has 2 aromatic carbocycles. The quantitative estimate of drug-likeness (QED) is 0.339. The Labute approximate surface area is 198 Å². The molecule has 0 fully saturated rings. The molecule has 0 radical (unpaired) electrons. The van der Waals surface area contributed by atoms with Gasteiger partial charge in [-0.2, -0.15) is 0 Å². The van der Waals surface area contributed by atoms with Gasteiger partial charge in [0, 0.05) is 0 Å². The van der Waals surface area contributed by atoms with Crippen LogP contribution in [0.5, 0.6) is 0 Å². The second-order valence-electron chi connectivity index (χ2n) is 5.27. The summed E-state index contributed by atoms with van der Waals surface area (Å²) in [5, 5.41) is 0. The van der Waals surface area contributed by atoms with E-state index < -0.39 is 0 Å². The van der Waals surface area contributed by atoms with Crippen molar-refractivity contribution in [1.29, 1.82) is 0 Å². The average molecular weight is 559 g/mol. The fraction of sp³-hybridized carbons (Fsp3) is 0.100. The van der Waals surface area contributed by atoms with E-state index in [-0.39, 0.29) is 24.8 Å². The second-order valence-corrected chi connectivity index (χ2v) is 8.05. The molecule has 2 aromatic rings. The molecule has 0 amide bonds. The van der Waals surface area contributed by atoms with Crippen molar-refractivity contribution in [3.05, 3.63) is 87.8 Å². The molecule has 0 bridgehead atoms. The molecule has 0 aromatic heterocycles. The number of benzene rings is 2. The number of rotatable bonds is 0. The molecule has 0 saturated heterocycles. The number of alkyl halides is 1. The van der Waals surface area contributed by atoms with Crippen molar-refractivity contribution in [2.45, 2.75) is 10.6 Å². The van der Waals surface area contributed by atoms with Gasteiger partial charge in [-0.25, -0.2) is 0 Å². The number of hydrogen-bond acceptors (Lipinski definition) is 2. The number of thioether (sulfide) groups is 1. The zero-order chi connectivity index (χ0) is 16.9. The molecular formula is C20H13BrCl2S2Zr-2. The van der Waals surface area contributed by atoms with Gasteiger partial charge in [-0.15, -0.1) is 101 Å². The first-order valence-electron chi connectivity index (χ1n) is 7.43. The van der Waals surface area contributed by atoms with Gasteiger partial charge in [-0.1, -0.05) is 34.0 Å². The number of halogens is 3. The van der Waals surface area contributed by atoms with Crippen molar-refractivity contribution >= 4 is 54.3 Å². The molecule has 1 heterocycles. The molecule has 5 rings (SSSR count). The van der Waals surface area contributed by atoms with Crippen LogP contribution in [0.2, 0.25) is 0 Å². The van der Waals surface area contributed by atoms with Crippen molar-refractivity contribution < 1.29 is 47.5 Å². The monoisotopic (exact) mass is 556 g/mol. The zero-order valence-electron chi connectivity index (χ0n) is 13.5. The molecule has 26 heavy (non-hydrogen) atoms. The summed E-state index contributed by atoms with van der Waals surface area (Å²) in [4.78, 5) is 1.37. The van der Waals surface area contributed by atoms with Gasteiger partial charge in [0.15, 0.2) is 0 Å². The van der Waals surface area contributed by atoms with E-state index in [0.29, 0.717) is 4.16 Å². The first kappa shape index (κ1) is 24.2. The predicted molar refractivity (Wildman–Crippen MR) is 107 cm³/mol. The fourth-order valence-corrected chi connectivity index (χ4v) is 4.63. The van der Waals surface area contributed by atoms with Crippen LogP contribution in [-0.2, 0) is 29.1 Å². The van der Waals surface area contributed by atoms with Crippen LogP contribution >= 0.6 is 36.5 Å². The van der Waals surface area contributed by atoms with Crippen molar-refractivity contribution in [1.82, 2.24) is 0 Å². The topological polar surface area (TPSA) is 0 Å². The molecule has 132 valence electrons. The molecule has 0 spiro atoms. The van der Waals surface area contributed by atoms with E-state index in [1.165, 1.54) is 32.7 Å². The summed E-state index contributed by atoms with van der Waals surface area (Å²) >= 11 is 6.57. The molecule has 2 aliphatic carbocycles. The maximum absolute atomic E-state index is 4.17. The number of fused-ring (bicyclic) bond motifs is 4. The summed E-state index contributed by atoms with van der Waals surface area (Å²) in [7, 11) is 4.17. The minimum absolute atomic E-state index is 0. The SMILES string of the molecule is BrC1C=C2C(=Cc3[c-]cccc32)S1.[Cl-].[Cl-].[S]=[Zr+2].[c-]1cccc2c1C=CC2. The summed E-state index contributed by atoms with van der Waals surface area (Å²) in [6.45, 7) is 0. The van der Waals surface area contributed by atoms with Gasteiger partial charge in [0.2, 0.25) is 0 Å². The third kappa shape index (κ3) is 5.59. The average Bonchev–Trinajstić information content (AvgIpc) is 3.31. The second kappa shape index (κ2) is 11.9. The summed E-state index contributed by atoms with van der Waals surface area (Å²) in [5.41, 5.74) is 6.59. The van der Waals surface area contributed by atoms with Crippen molar-refractivity contribution in [2.24, 2.45) is 0 Å². The molecule has 1 atom stereocenters. The molecular weight excluding hydrogens is 546 g/mol. The minimum atomic E-state index is 0. The van der Waals surface area contributed by atoms with Crippen LogP contribution in [-0.4, -0.2) is 4.16 Å². The molecule has 1 aliphatic heterocycles. The summed E-state index contributed by atoms with van der Waals surface area (Å²) in [6.07, 6.45) is 9.85. The van der Waals surface area contributed by atoms with Crippen LogP contribution in [0.25, 0.3) is 17.7 Å². The minimum Gasteiger partial charge on any atom is -0.147 e. The van der Waals surface area contributed by atoms with E-state index in [2.05, 4.69) is 73.4 Å². The van der Waals surface area contributed by atoms with Crippen LogP contribution in [0.1, 0.15) is 22.3 Å². The Morgan fingerprint density at radius 1 is 1.08 bits per heavy atom. The fourth-order valence-electron chi connectivity index (χ4n) is 2.82. The third-order valence-electron chi connectivity index (χ3n) is 3.86. The van der Waals surface area contributed by atoms with Gasteiger partial charge in [0.1, 0.15) is 0 Å². The van der Waals surface area contributed by atoms with E-state index in [1.807, 2.05) is 36.0 Å². The largest absolute Gasteiger partial charge is 0.147 e. The summed E-state index contributed by atoms with van der Waals surface area (Å²) in [6, 6.07) is 18.7. The van der Waals surface area contributed by atoms with Crippen molar-refractivity contribution in [3.63, 3.8) is 0 Å². The Morgan fingerprint density at radius 3 is 2.50 bits per heavy atom. The summed E-state index contributed by atoms with van der Waals surface area (Å²) in [5.74, 6) is 0. The normalized spacial score (nSPS) is 16.8. The van der Waals surface area contributed by atoms with Gasteiger partial charge in [-0.3, -0.25) is 0 Å². The Bertz CT molecular complexity index is 849. The molecule has 1 unspecified atom stereocenters. The Hall–Kier alpha value is 0.173. The molecule has 6 heteroatoms. The molecule has 3 aliphatic rings. The van der Waals surface area contributed by atoms with Crippen LogP contribution in [0.3, 0.4) is 0 Å². The Morgan fingerprint density at radius 2 is 1.77 bits per heavy atom. The van der Waals surface area contributed by atoms with E-state index in [9.17, 15) is 0 Å². The first-order valence-corrected chi connectivity index (χ1v) is 12.6. The van der Waals surface area contributed by atoms with E-state index in [4.69, 9.17) is 0 Å².